The molecule has 0 N–H and O–H groups in total. The van der Waals surface area contributed by atoms with Crippen LogP contribution in [0, 0.1) is 0 Å². The van der Waals surface area contributed by atoms with E-state index >= 15 is 0 Å². The Morgan fingerprint density at radius 2 is 2.13 bits per heavy atom. The maximum atomic E-state index is 11.8. The number of hydrogen-bond acceptors (Lipinski definition) is 2. The van der Waals surface area contributed by atoms with Gasteiger partial charge in [0.25, 0.3) is 0 Å². The number of rotatable bonds is 7. The van der Waals surface area contributed by atoms with E-state index in [4.69, 9.17) is 4.74 Å². The summed E-state index contributed by atoms with van der Waals surface area (Å²) in [6.07, 6.45) is 4.74. The monoisotopic (exact) mass is 213 g/mol. The van der Waals surface area contributed by atoms with Gasteiger partial charge in [-0.2, -0.15) is 0 Å². The molecule has 1 aliphatic carbocycles. The fourth-order valence-electron chi connectivity index (χ4n) is 1.55. The van der Waals surface area contributed by atoms with Crippen LogP contribution in [0.1, 0.15) is 46.5 Å². The molecule has 1 fully saturated rings. The Morgan fingerprint density at radius 1 is 1.47 bits per heavy atom. The maximum absolute atomic E-state index is 11.8. The minimum atomic E-state index is 0.140. The lowest BCUT2D eigenvalue weighted by Crippen LogP contribution is -2.37. The van der Waals surface area contributed by atoms with E-state index in [1.807, 2.05) is 18.7 Å². The molecule has 0 spiro atoms. The van der Waals surface area contributed by atoms with E-state index < -0.39 is 0 Å². The Bertz CT molecular complexity index is 200. The number of ether oxygens (including phenoxy) is 1. The number of unbranched alkanes of at least 4 members (excludes halogenated alkanes) is 1. The topological polar surface area (TPSA) is 29.5 Å². The molecular weight excluding hydrogens is 190 g/mol. The number of hydrogen-bond donors (Lipinski definition) is 0. The Labute approximate surface area is 92.8 Å². The lowest BCUT2D eigenvalue weighted by atomic mass is 10.3. The summed E-state index contributed by atoms with van der Waals surface area (Å²) in [4.78, 5) is 13.8. The Kier molecular flexibility index (Phi) is 5.09. The number of carbonyl (C=O) groups is 1. The van der Waals surface area contributed by atoms with Crippen LogP contribution in [0.3, 0.4) is 0 Å². The smallest absolute Gasteiger partial charge is 0.248 e. The summed E-state index contributed by atoms with van der Waals surface area (Å²) in [5.74, 6) is 0.166. The van der Waals surface area contributed by atoms with Gasteiger partial charge in [0.2, 0.25) is 5.91 Å². The van der Waals surface area contributed by atoms with Crippen molar-refractivity contribution in [3.63, 3.8) is 0 Å². The van der Waals surface area contributed by atoms with E-state index in [9.17, 15) is 4.79 Å². The molecule has 1 amide bonds. The molecule has 1 saturated carbocycles. The number of nitrogens with zero attached hydrogens (tertiary/aromatic N) is 1. The average molecular weight is 213 g/mol. The van der Waals surface area contributed by atoms with Crippen molar-refractivity contribution in [3.8, 4) is 0 Å². The van der Waals surface area contributed by atoms with Crippen LogP contribution in [0.25, 0.3) is 0 Å². The van der Waals surface area contributed by atoms with Crippen LogP contribution < -0.4 is 0 Å². The molecule has 1 rings (SSSR count). The van der Waals surface area contributed by atoms with Crippen LogP contribution in [0.5, 0.6) is 0 Å². The molecule has 0 aliphatic heterocycles. The average Bonchev–Trinajstić information content (AvgIpc) is 2.99. The summed E-state index contributed by atoms with van der Waals surface area (Å²) in [5, 5.41) is 0. The third-order valence-corrected chi connectivity index (χ3v) is 2.60. The van der Waals surface area contributed by atoms with Crippen molar-refractivity contribution in [1.82, 2.24) is 4.90 Å². The van der Waals surface area contributed by atoms with Crippen LogP contribution in [-0.2, 0) is 9.53 Å². The van der Waals surface area contributed by atoms with Crippen molar-refractivity contribution in [3.05, 3.63) is 0 Å². The third-order valence-electron chi connectivity index (χ3n) is 2.60. The fourth-order valence-corrected chi connectivity index (χ4v) is 1.55. The second kappa shape index (κ2) is 6.11. The molecule has 3 nitrogen and oxygen atoms in total. The zero-order valence-electron chi connectivity index (χ0n) is 10.2. The van der Waals surface area contributed by atoms with Gasteiger partial charge >= 0.3 is 0 Å². The van der Waals surface area contributed by atoms with E-state index in [1.54, 1.807) is 0 Å². The minimum Gasteiger partial charge on any atom is -0.369 e. The Hall–Kier alpha value is -0.570. The van der Waals surface area contributed by atoms with Crippen LogP contribution in [0.4, 0.5) is 0 Å². The van der Waals surface area contributed by atoms with E-state index in [0.29, 0.717) is 6.04 Å². The van der Waals surface area contributed by atoms with E-state index in [2.05, 4.69) is 6.92 Å². The second-order valence-corrected chi connectivity index (χ2v) is 4.53. The van der Waals surface area contributed by atoms with Gasteiger partial charge in [0.15, 0.2) is 0 Å². The van der Waals surface area contributed by atoms with Crippen molar-refractivity contribution >= 4 is 5.91 Å². The summed E-state index contributed by atoms with van der Waals surface area (Å²) in [6, 6.07) is 0.514. The Morgan fingerprint density at radius 3 is 2.60 bits per heavy atom. The molecule has 3 heteroatoms. The van der Waals surface area contributed by atoms with Gasteiger partial charge in [-0.25, -0.2) is 0 Å². The highest BCUT2D eigenvalue weighted by molar-refractivity contribution is 5.78. The van der Waals surface area contributed by atoms with Gasteiger partial charge in [0.05, 0.1) is 6.10 Å². The SMILES string of the molecule is CCCCN(C(=O)COC(C)C)C1CC1. The van der Waals surface area contributed by atoms with E-state index in [-0.39, 0.29) is 18.6 Å². The highest BCUT2D eigenvalue weighted by Gasteiger charge is 2.31. The molecule has 88 valence electrons. The van der Waals surface area contributed by atoms with Crippen molar-refractivity contribution in [2.24, 2.45) is 0 Å². The van der Waals surface area contributed by atoms with Crippen LogP contribution in [-0.4, -0.2) is 36.1 Å². The van der Waals surface area contributed by atoms with Crippen molar-refractivity contribution < 1.29 is 9.53 Å². The fraction of sp³-hybridized carbons (Fsp3) is 0.917. The highest BCUT2D eigenvalue weighted by Crippen LogP contribution is 2.27. The summed E-state index contributed by atoms with van der Waals surface area (Å²) >= 11 is 0. The zero-order chi connectivity index (χ0) is 11.3. The molecule has 1 aliphatic rings. The molecule has 0 heterocycles. The quantitative estimate of drug-likeness (QED) is 0.649. The largest absolute Gasteiger partial charge is 0.369 e. The molecule has 0 radical (unpaired) electrons. The van der Waals surface area contributed by atoms with Gasteiger partial charge in [0, 0.05) is 12.6 Å². The van der Waals surface area contributed by atoms with Gasteiger partial charge < -0.3 is 9.64 Å². The number of amides is 1. The van der Waals surface area contributed by atoms with Crippen LogP contribution in [0.15, 0.2) is 0 Å². The molecule has 0 saturated heterocycles. The van der Waals surface area contributed by atoms with Gasteiger partial charge in [0.1, 0.15) is 6.61 Å². The van der Waals surface area contributed by atoms with Gasteiger partial charge in [-0.05, 0) is 33.1 Å². The third kappa shape index (κ3) is 4.65. The van der Waals surface area contributed by atoms with E-state index in [0.717, 1.165) is 19.4 Å². The second-order valence-electron chi connectivity index (χ2n) is 4.53. The molecule has 15 heavy (non-hydrogen) atoms. The first-order valence-corrected chi connectivity index (χ1v) is 6.06. The lowest BCUT2D eigenvalue weighted by Gasteiger charge is -2.22. The van der Waals surface area contributed by atoms with Crippen molar-refractivity contribution in [2.75, 3.05) is 13.2 Å². The first-order valence-electron chi connectivity index (χ1n) is 6.06. The predicted molar refractivity (Wildman–Crippen MR) is 60.7 cm³/mol. The zero-order valence-corrected chi connectivity index (χ0v) is 10.2. The predicted octanol–water partition coefficient (Wildman–Crippen LogP) is 2.20. The van der Waals surface area contributed by atoms with Crippen LogP contribution >= 0.6 is 0 Å². The van der Waals surface area contributed by atoms with E-state index in [1.165, 1.54) is 12.8 Å². The summed E-state index contributed by atoms with van der Waals surface area (Å²) in [5.41, 5.74) is 0. The molecule has 0 bridgehead atoms. The van der Waals surface area contributed by atoms with Crippen LogP contribution in [0.2, 0.25) is 0 Å². The molecule has 0 atom stereocenters. The standard InChI is InChI=1S/C12H23NO2/c1-4-5-8-13(11-6-7-11)12(14)9-15-10(2)3/h10-11H,4-9H2,1-3H3. The van der Waals surface area contributed by atoms with Crippen molar-refractivity contribution in [1.29, 1.82) is 0 Å². The summed E-state index contributed by atoms with van der Waals surface area (Å²) < 4.78 is 5.35. The van der Waals surface area contributed by atoms with Gasteiger partial charge in [-0.15, -0.1) is 0 Å². The minimum absolute atomic E-state index is 0.140. The molecule has 0 unspecified atom stereocenters. The molecule has 0 aromatic heterocycles. The first kappa shape index (κ1) is 12.5. The maximum Gasteiger partial charge on any atom is 0.248 e. The normalized spacial score (nSPS) is 15.7. The molecular formula is C12H23NO2. The summed E-state index contributed by atoms with van der Waals surface area (Å²) in [7, 11) is 0. The van der Waals surface area contributed by atoms with Gasteiger partial charge in [-0.1, -0.05) is 13.3 Å². The van der Waals surface area contributed by atoms with Crippen molar-refractivity contribution in [2.45, 2.75) is 58.6 Å². The highest BCUT2D eigenvalue weighted by atomic mass is 16.5. The first-order chi connectivity index (χ1) is 7.15. The number of carbonyl (C=O) groups excluding carboxylic acids is 1. The van der Waals surface area contributed by atoms with Gasteiger partial charge in [-0.3, -0.25) is 4.79 Å². The molecule has 0 aromatic rings. The Balaban J connectivity index is 2.30. The summed E-state index contributed by atoms with van der Waals surface area (Å²) in [6.45, 7) is 7.22. The molecule has 0 aromatic carbocycles. The lowest BCUT2D eigenvalue weighted by molar-refractivity contribution is -0.138.